The molecule has 3 N–H and O–H groups in total. The van der Waals surface area contributed by atoms with E-state index >= 15 is 0 Å². The summed E-state index contributed by atoms with van der Waals surface area (Å²) in [6.07, 6.45) is -2.32. The molecule has 7 heteroatoms. The van der Waals surface area contributed by atoms with E-state index in [1.807, 2.05) is 6.92 Å². The van der Waals surface area contributed by atoms with Crippen molar-refractivity contribution in [2.45, 2.75) is 32.0 Å². The number of aromatic nitrogens is 1. The lowest BCUT2D eigenvalue weighted by Gasteiger charge is -2.17. The number of rotatable bonds is 4. The first kappa shape index (κ1) is 14.0. The number of halogens is 3. The maximum absolute atomic E-state index is 12.7. The second kappa shape index (κ2) is 4.96. The zero-order valence-corrected chi connectivity index (χ0v) is 11.1. The van der Waals surface area contributed by atoms with E-state index < -0.39 is 11.9 Å². The van der Waals surface area contributed by atoms with Crippen molar-refractivity contribution < 1.29 is 13.2 Å². The second-order valence-electron chi connectivity index (χ2n) is 4.73. The van der Waals surface area contributed by atoms with Gasteiger partial charge in [-0.05, 0) is 37.8 Å². The molecule has 0 aromatic carbocycles. The van der Waals surface area contributed by atoms with Gasteiger partial charge in [-0.25, -0.2) is 4.98 Å². The van der Waals surface area contributed by atoms with Gasteiger partial charge in [-0.3, -0.25) is 0 Å². The number of nitrogens with zero attached hydrogens (tertiary/aromatic N) is 1. The van der Waals surface area contributed by atoms with Crippen LogP contribution >= 0.6 is 12.2 Å². The van der Waals surface area contributed by atoms with Crippen LogP contribution in [-0.4, -0.2) is 16.0 Å². The highest BCUT2D eigenvalue weighted by atomic mass is 32.1. The zero-order valence-electron chi connectivity index (χ0n) is 10.3. The normalized spacial score (nSPS) is 17.1. The zero-order chi connectivity index (χ0) is 14.2. The largest absolute Gasteiger partial charge is 0.433 e. The number of anilines is 1. The molecular weight excluding hydrogens is 275 g/mol. The van der Waals surface area contributed by atoms with Gasteiger partial charge in [0.05, 0.1) is 5.56 Å². The first-order chi connectivity index (χ1) is 8.79. The summed E-state index contributed by atoms with van der Waals surface area (Å²) >= 11 is 4.84. The highest BCUT2D eigenvalue weighted by molar-refractivity contribution is 7.80. The maximum Gasteiger partial charge on any atom is 0.433 e. The van der Waals surface area contributed by atoms with E-state index in [0.717, 1.165) is 18.9 Å². The highest BCUT2D eigenvalue weighted by Gasteiger charge is 2.34. The maximum atomic E-state index is 12.7. The fourth-order valence-corrected chi connectivity index (χ4v) is 2.02. The molecule has 0 spiro atoms. The molecule has 104 valence electrons. The molecule has 1 aliphatic carbocycles. The van der Waals surface area contributed by atoms with Gasteiger partial charge < -0.3 is 11.1 Å². The summed E-state index contributed by atoms with van der Waals surface area (Å²) in [7, 11) is 0. The molecular formula is C12H14F3N3S. The molecule has 0 radical (unpaired) electrons. The Morgan fingerprint density at radius 2 is 2.11 bits per heavy atom. The van der Waals surface area contributed by atoms with Crippen molar-refractivity contribution in [2.24, 2.45) is 11.7 Å². The first-order valence-corrected chi connectivity index (χ1v) is 6.34. The van der Waals surface area contributed by atoms with Gasteiger partial charge >= 0.3 is 6.18 Å². The van der Waals surface area contributed by atoms with Gasteiger partial charge in [-0.15, -0.1) is 0 Å². The summed E-state index contributed by atoms with van der Waals surface area (Å²) < 4.78 is 38.0. The van der Waals surface area contributed by atoms with E-state index in [4.69, 9.17) is 18.0 Å². The van der Waals surface area contributed by atoms with Crippen LogP contribution in [0.4, 0.5) is 19.0 Å². The molecule has 1 saturated carbocycles. The van der Waals surface area contributed by atoms with Crippen molar-refractivity contribution in [1.29, 1.82) is 0 Å². The van der Waals surface area contributed by atoms with Crippen LogP contribution < -0.4 is 11.1 Å². The Morgan fingerprint density at radius 3 is 2.58 bits per heavy atom. The number of hydrogen-bond donors (Lipinski definition) is 2. The van der Waals surface area contributed by atoms with E-state index in [1.54, 1.807) is 0 Å². The fraction of sp³-hybridized carbons (Fsp3) is 0.500. The van der Waals surface area contributed by atoms with Gasteiger partial charge in [-0.2, -0.15) is 13.2 Å². The summed E-state index contributed by atoms with van der Waals surface area (Å²) in [6, 6.07) is 2.21. The molecule has 0 saturated heterocycles. The van der Waals surface area contributed by atoms with Gasteiger partial charge in [0.2, 0.25) is 0 Å². The van der Waals surface area contributed by atoms with Crippen molar-refractivity contribution in [3.63, 3.8) is 0 Å². The van der Waals surface area contributed by atoms with Crippen molar-refractivity contribution in [1.82, 2.24) is 4.98 Å². The Morgan fingerprint density at radius 1 is 1.47 bits per heavy atom. The fourth-order valence-electron chi connectivity index (χ4n) is 1.86. The van der Waals surface area contributed by atoms with Gasteiger partial charge in [0.25, 0.3) is 0 Å². The van der Waals surface area contributed by atoms with Gasteiger partial charge in [0.15, 0.2) is 0 Å². The minimum Gasteiger partial charge on any atom is -0.389 e. The SMILES string of the molecule is CC(Nc1nc(C(F)(F)F)ccc1C(N)=S)C1CC1. The van der Waals surface area contributed by atoms with E-state index in [9.17, 15) is 13.2 Å². The van der Waals surface area contributed by atoms with Crippen LogP contribution in [0.5, 0.6) is 0 Å². The van der Waals surface area contributed by atoms with Crippen LogP contribution in [0.15, 0.2) is 12.1 Å². The second-order valence-corrected chi connectivity index (χ2v) is 5.16. The third kappa shape index (κ3) is 3.34. The van der Waals surface area contributed by atoms with Crippen LogP contribution in [-0.2, 0) is 6.18 Å². The molecule has 3 nitrogen and oxygen atoms in total. The smallest absolute Gasteiger partial charge is 0.389 e. The van der Waals surface area contributed by atoms with E-state index in [1.165, 1.54) is 6.07 Å². The first-order valence-electron chi connectivity index (χ1n) is 5.93. The molecule has 0 aliphatic heterocycles. The topological polar surface area (TPSA) is 50.9 Å². The molecule has 1 aromatic rings. The van der Waals surface area contributed by atoms with E-state index in [2.05, 4.69) is 10.3 Å². The number of nitrogens with one attached hydrogen (secondary N) is 1. The summed E-state index contributed by atoms with van der Waals surface area (Å²) in [5.41, 5.74) is 4.91. The third-order valence-corrected chi connectivity index (χ3v) is 3.36. The standard InChI is InChI=1S/C12H14F3N3S/c1-6(7-2-3-7)17-11-8(10(16)19)4-5-9(18-11)12(13,14)15/h4-7H,2-3H2,1H3,(H2,16,19)(H,17,18). The van der Waals surface area contributed by atoms with Crippen LogP contribution in [0.3, 0.4) is 0 Å². The summed E-state index contributed by atoms with van der Waals surface area (Å²) in [4.78, 5) is 3.65. The number of nitrogens with two attached hydrogens (primary N) is 1. The molecule has 1 unspecified atom stereocenters. The lowest BCUT2D eigenvalue weighted by Crippen LogP contribution is -2.23. The Balaban J connectivity index is 2.32. The van der Waals surface area contributed by atoms with Crippen molar-refractivity contribution in [3.05, 3.63) is 23.4 Å². The summed E-state index contributed by atoms with van der Waals surface area (Å²) in [5, 5.41) is 2.99. The predicted molar refractivity (Wildman–Crippen MR) is 70.9 cm³/mol. The van der Waals surface area contributed by atoms with Gasteiger partial charge in [0, 0.05) is 6.04 Å². The minimum atomic E-state index is -4.48. The van der Waals surface area contributed by atoms with Crippen LogP contribution in [0, 0.1) is 5.92 Å². The van der Waals surface area contributed by atoms with E-state index in [-0.39, 0.29) is 16.8 Å². The molecule has 1 fully saturated rings. The Labute approximate surface area is 114 Å². The van der Waals surface area contributed by atoms with Gasteiger partial charge in [-0.1, -0.05) is 12.2 Å². The van der Waals surface area contributed by atoms with Crippen LogP contribution in [0.1, 0.15) is 31.0 Å². The van der Waals surface area contributed by atoms with Crippen molar-refractivity contribution in [2.75, 3.05) is 5.32 Å². The molecule has 19 heavy (non-hydrogen) atoms. The van der Waals surface area contributed by atoms with Crippen LogP contribution in [0.25, 0.3) is 0 Å². The lowest BCUT2D eigenvalue weighted by molar-refractivity contribution is -0.141. The Kier molecular flexibility index (Phi) is 3.66. The predicted octanol–water partition coefficient (Wildman–Crippen LogP) is 2.95. The Hall–Kier alpha value is -1.37. The molecule has 2 rings (SSSR count). The average Bonchev–Trinajstić information content (AvgIpc) is 3.10. The molecule has 1 aliphatic rings. The summed E-state index contributed by atoms with van der Waals surface area (Å²) in [6.45, 7) is 1.92. The number of alkyl halides is 3. The number of thiocarbonyl (C=S) groups is 1. The lowest BCUT2D eigenvalue weighted by atomic mass is 10.1. The molecule has 1 aromatic heterocycles. The monoisotopic (exact) mass is 289 g/mol. The summed E-state index contributed by atoms with van der Waals surface area (Å²) in [5.74, 6) is 0.595. The molecule has 1 heterocycles. The highest BCUT2D eigenvalue weighted by Crippen LogP contribution is 2.35. The number of hydrogen-bond acceptors (Lipinski definition) is 3. The van der Waals surface area contributed by atoms with Crippen LogP contribution in [0.2, 0.25) is 0 Å². The van der Waals surface area contributed by atoms with Crippen molar-refractivity contribution >= 4 is 23.0 Å². The quantitative estimate of drug-likeness (QED) is 0.837. The molecule has 1 atom stereocenters. The third-order valence-electron chi connectivity index (χ3n) is 3.14. The molecule has 0 amide bonds. The van der Waals surface area contributed by atoms with Gasteiger partial charge in [0.1, 0.15) is 16.5 Å². The number of pyridine rings is 1. The van der Waals surface area contributed by atoms with E-state index in [0.29, 0.717) is 11.5 Å². The average molecular weight is 289 g/mol. The van der Waals surface area contributed by atoms with Crippen molar-refractivity contribution in [3.8, 4) is 0 Å². The molecule has 0 bridgehead atoms. The minimum absolute atomic E-state index is 0.0340. The Bertz CT molecular complexity index is 497.